The summed E-state index contributed by atoms with van der Waals surface area (Å²) in [6, 6.07) is 2.49. The van der Waals surface area contributed by atoms with E-state index in [1.54, 1.807) is 0 Å². The first-order valence-electron chi connectivity index (χ1n) is 14.5. The quantitative estimate of drug-likeness (QED) is 0.0992. The average molecular weight is 533 g/mol. The maximum Gasteiger partial charge on any atom is 0.311 e. The van der Waals surface area contributed by atoms with Crippen LogP contribution in [0.2, 0.25) is 51.4 Å². The van der Waals surface area contributed by atoms with Crippen LogP contribution in [-0.4, -0.2) is 36.3 Å². The van der Waals surface area contributed by atoms with Crippen LogP contribution >= 0.6 is 0 Å². The zero-order valence-corrected chi connectivity index (χ0v) is 27.1. The molecule has 0 spiro atoms. The van der Waals surface area contributed by atoms with Crippen LogP contribution < -0.4 is 0 Å². The van der Waals surface area contributed by atoms with Crippen molar-refractivity contribution in [2.45, 2.75) is 167 Å². The molecular formula is C27H60O4Si3. The van der Waals surface area contributed by atoms with Crippen LogP contribution in [0.15, 0.2) is 0 Å². The highest BCUT2D eigenvalue weighted by atomic mass is 28.5. The molecule has 0 saturated carbocycles. The van der Waals surface area contributed by atoms with Crippen molar-refractivity contribution in [3.8, 4) is 0 Å². The smallest absolute Gasteiger partial charge is 0.311 e. The van der Waals surface area contributed by atoms with Crippen molar-refractivity contribution in [2.75, 3.05) is 0 Å². The summed E-state index contributed by atoms with van der Waals surface area (Å²) in [4.78, 5) is 10.5. The van der Waals surface area contributed by atoms with E-state index in [9.17, 15) is 4.79 Å². The first-order chi connectivity index (χ1) is 15.9. The zero-order chi connectivity index (χ0) is 25.9. The van der Waals surface area contributed by atoms with Gasteiger partial charge in [-0.2, -0.15) is 0 Å². The third kappa shape index (κ3) is 22.5. The summed E-state index contributed by atoms with van der Waals surface area (Å²) in [5, 5.41) is 8.67. The van der Waals surface area contributed by atoms with E-state index in [0.717, 1.165) is 12.8 Å². The van der Waals surface area contributed by atoms with Gasteiger partial charge in [0, 0.05) is 6.42 Å². The number of carboxylic acid groups (broad SMARTS) is 1. The highest BCUT2D eigenvalue weighted by Crippen LogP contribution is 2.27. The van der Waals surface area contributed by atoms with Crippen LogP contribution in [-0.2, 0) is 13.0 Å². The van der Waals surface area contributed by atoms with Crippen LogP contribution in [0.3, 0.4) is 0 Å². The van der Waals surface area contributed by atoms with E-state index in [0.29, 0.717) is 6.42 Å². The summed E-state index contributed by atoms with van der Waals surface area (Å²) in [6.07, 6.45) is 20.7. The Morgan fingerprint density at radius 2 is 0.882 bits per heavy atom. The van der Waals surface area contributed by atoms with Crippen LogP contribution in [0, 0.1) is 0 Å². The van der Waals surface area contributed by atoms with Crippen molar-refractivity contribution in [1.82, 2.24) is 0 Å². The first-order valence-corrected chi connectivity index (χ1v) is 23.6. The molecule has 34 heavy (non-hydrogen) atoms. The van der Waals surface area contributed by atoms with E-state index in [2.05, 4.69) is 46.2 Å². The second-order valence-electron chi connectivity index (χ2n) is 12.1. The summed E-state index contributed by atoms with van der Waals surface area (Å²) in [5.74, 6) is -0.667. The Labute approximate surface area is 216 Å². The molecule has 0 atom stereocenters. The van der Waals surface area contributed by atoms with Crippen molar-refractivity contribution in [2.24, 2.45) is 0 Å². The third-order valence-electron chi connectivity index (χ3n) is 6.60. The second-order valence-corrected chi connectivity index (χ2v) is 24.5. The number of hydrogen-bond donors (Lipinski definition) is 1. The normalized spacial score (nSPS) is 12.9. The van der Waals surface area contributed by atoms with E-state index in [4.69, 9.17) is 13.3 Å². The lowest BCUT2D eigenvalue weighted by Crippen LogP contribution is -2.52. The molecular weight excluding hydrogens is 473 g/mol. The van der Waals surface area contributed by atoms with Crippen molar-refractivity contribution < 1.29 is 18.1 Å². The number of rotatable bonds is 24. The Morgan fingerprint density at radius 3 is 1.24 bits per heavy atom. The molecule has 0 amide bonds. The summed E-state index contributed by atoms with van der Waals surface area (Å²) >= 11 is 0. The van der Waals surface area contributed by atoms with E-state index >= 15 is 0 Å². The lowest BCUT2D eigenvalue weighted by Gasteiger charge is -2.39. The predicted molar refractivity (Wildman–Crippen MR) is 156 cm³/mol. The molecule has 0 saturated heterocycles. The van der Waals surface area contributed by atoms with E-state index < -0.39 is 31.2 Å². The minimum Gasteiger partial charge on any atom is -0.481 e. The van der Waals surface area contributed by atoms with Crippen LogP contribution in [0.25, 0.3) is 0 Å². The molecule has 0 fully saturated rings. The minimum atomic E-state index is -2.09. The molecule has 0 aliphatic rings. The Balaban J connectivity index is 3.99. The fourth-order valence-corrected chi connectivity index (χ4v) is 19.2. The van der Waals surface area contributed by atoms with Crippen LogP contribution in [0.1, 0.15) is 116 Å². The molecule has 0 unspecified atom stereocenters. The molecule has 0 heterocycles. The summed E-state index contributed by atoms with van der Waals surface area (Å²) in [5.41, 5.74) is 0. The van der Waals surface area contributed by atoms with Gasteiger partial charge < -0.3 is 13.3 Å². The molecule has 1 N–H and O–H groups in total. The number of unbranched alkanes of at least 4 members (excludes halogenated alkanes) is 14. The predicted octanol–water partition coefficient (Wildman–Crippen LogP) is 9.87. The largest absolute Gasteiger partial charge is 0.481 e. The Bertz CT molecular complexity index is 510. The molecule has 4 nitrogen and oxygen atoms in total. The van der Waals surface area contributed by atoms with Gasteiger partial charge in [-0.1, -0.05) is 103 Å². The van der Waals surface area contributed by atoms with E-state index in [1.807, 2.05) is 0 Å². The molecule has 0 aliphatic carbocycles. The molecule has 0 aliphatic heterocycles. The topological polar surface area (TPSA) is 55.8 Å². The number of carbonyl (C=O) groups is 1. The van der Waals surface area contributed by atoms with Gasteiger partial charge in [-0.15, -0.1) is 0 Å². The maximum atomic E-state index is 10.5. The SMILES string of the molecule is CCCCCCCCCC[Si](C)(C)O[Si](C)(C)O[Si](C)(C)CCCCCCCCCCC(=O)O. The maximum absolute atomic E-state index is 10.5. The molecule has 7 heteroatoms. The summed E-state index contributed by atoms with van der Waals surface area (Å²) in [6.45, 7) is 16.4. The fourth-order valence-electron chi connectivity index (χ4n) is 5.03. The Hall–Kier alpha value is 0.0406. The Morgan fingerprint density at radius 1 is 0.559 bits per heavy atom. The molecule has 0 aromatic carbocycles. The average Bonchev–Trinajstić information content (AvgIpc) is 2.69. The Kier molecular flexibility index (Phi) is 19.2. The van der Waals surface area contributed by atoms with Gasteiger partial charge in [0.05, 0.1) is 0 Å². The molecule has 204 valence electrons. The van der Waals surface area contributed by atoms with Gasteiger partial charge in [0.1, 0.15) is 0 Å². The molecule has 0 radical (unpaired) electrons. The van der Waals surface area contributed by atoms with Gasteiger partial charge in [0.2, 0.25) is 0 Å². The number of hydrogen-bond acceptors (Lipinski definition) is 3. The van der Waals surface area contributed by atoms with Crippen molar-refractivity contribution in [3.63, 3.8) is 0 Å². The lowest BCUT2D eigenvalue weighted by molar-refractivity contribution is -0.137. The van der Waals surface area contributed by atoms with Gasteiger partial charge in [-0.3, -0.25) is 4.79 Å². The van der Waals surface area contributed by atoms with Gasteiger partial charge in [-0.05, 0) is 57.8 Å². The van der Waals surface area contributed by atoms with Gasteiger partial charge >= 0.3 is 14.5 Å². The second kappa shape index (κ2) is 19.2. The fraction of sp³-hybridized carbons (Fsp3) is 0.963. The van der Waals surface area contributed by atoms with Crippen LogP contribution in [0.5, 0.6) is 0 Å². The highest BCUT2D eigenvalue weighted by Gasteiger charge is 2.39. The van der Waals surface area contributed by atoms with Crippen LogP contribution in [0.4, 0.5) is 0 Å². The zero-order valence-electron chi connectivity index (χ0n) is 24.1. The molecule has 0 rings (SSSR count). The van der Waals surface area contributed by atoms with Gasteiger partial charge in [0.25, 0.3) is 0 Å². The lowest BCUT2D eigenvalue weighted by atomic mass is 10.1. The minimum absolute atomic E-state index is 0.321. The number of carboxylic acids is 1. The molecule has 0 bridgehead atoms. The summed E-state index contributed by atoms with van der Waals surface area (Å²) < 4.78 is 13.6. The van der Waals surface area contributed by atoms with E-state index in [1.165, 1.54) is 102 Å². The van der Waals surface area contributed by atoms with E-state index in [-0.39, 0.29) is 0 Å². The first kappa shape index (κ1) is 34.0. The standard InChI is InChI=1S/C27H60O4Si3/c1-8-9-10-11-12-16-19-22-25-32(2,3)30-34(6,7)31-33(4,5)26-23-20-17-14-13-15-18-21-24-27(28)29/h8-26H2,1-7H3,(H,28,29). The van der Waals surface area contributed by atoms with Gasteiger partial charge in [0.15, 0.2) is 16.6 Å². The van der Waals surface area contributed by atoms with Gasteiger partial charge in [-0.25, -0.2) is 0 Å². The monoisotopic (exact) mass is 532 g/mol. The highest BCUT2D eigenvalue weighted by molar-refractivity contribution is 6.87. The number of aliphatic carboxylic acids is 1. The molecule has 0 aromatic rings. The third-order valence-corrected chi connectivity index (χ3v) is 18.1. The van der Waals surface area contributed by atoms with Crippen molar-refractivity contribution >= 4 is 31.2 Å². The van der Waals surface area contributed by atoms with Crippen molar-refractivity contribution in [1.29, 1.82) is 0 Å². The van der Waals surface area contributed by atoms with Crippen molar-refractivity contribution in [3.05, 3.63) is 0 Å². The molecule has 0 aromatic heterocycles. The summed E-state index contributed by atoms with van der Waals surface area (Å²) in [7, 11) is -5.44.